The number of aliphatic hydroxyl groups excluding tert-OH is 1. The Kier molecular flexibility index (Phi) is 14.8. The van der Waals surface area contributed by atoms with Crippen molar-refractivity contribution >= 4 is 5.91 Å². The fourth-order valence-corrected chi connectivity index (χ4v) is 9.58. The van der Waals surface area contributed by atoms with Crippen molar-refractivity contribution in [2.24, 2.45) is 5.92 Å². The van der Waals surface area contributed by atoms with Crippen LogP contribution < -0.4 is 14.8 Å². The van der Waals surface area contributed by atoms with Crippen LogP contribution >= 0.6 is 0 Å². The molecule has 2 aromatic carbocycles. The summed E-state index contributed by atoms with van der Waals surface area (Å²) in [4.78, 5) is 24.9. The van der Waals surface area contributed by atoms with Gasteiger partial charge in [-0.1, -0.05) is 51.0 Å². The number of β-amino-alcohol motifs (C(OH)–C–C–N with tert-alkyl or cyclic N) is 1. The molecule has 10 nitrogen and oxygen atoms in total. The highest BCUT2D eigenvalue weighted by atomic mass is 16.5. The van der Waals surface area contributed by atoms with E-state index in [4.69, 9.17) is 13.9 Å². The largest absolute Gasteiger partial charge is 0.490 e. The van der Waals surface area contributed by atoms with Crippen LogP contribution in [-0.2, 0) is 19.6 Å². The second-order valence-electron chi connectivity index (χ2n) is 17.2. The first-order valence-electron chi connectivity index (χ1n) is 21.9. The highest BCUT2D eigenvalue weighted by Gasteiger charge is 2.28. The predicted octanol–water partition coefficient (Wildman–Crippen LogP) is 7.47. The Bertz CT molecular complexity index is 1650. The molecule has 1 aliphatic carbocycles. The molecule has 1 saturated carbocycles. The van der Waals surface area contributed by atoms with E-state index < -0.39 is 6.10 Å². The number of hydrogen-bond donors (Lipinski definition) is 2. The lowest BCUT2D eigenvalue weighted by Crippen LogP contribution is -2.45. The number of piperidine rings is 2. The topological polar surface area (TPSA) is 104 Å². The minimum atomic E-state index is -0.666. The molecule has 2 N–H and O–H groups in total. The normalized spacial score (nSPS) is 21.0. The average molecular weight is 770 g/mol. The number of aromatic nitrogens is 1. The molecule has 0 radical (unpaired) electrons. The number of nitrogens with one attached hydrogen (secondary N) is 1. The molecule has 4 heterocycles. The molecule has 1 amide bonds. The average Bonchev–Trinajstić information content (AvgIpc) is 3.64. The molecular weight excluding hydrogens is 703 g/mol. The predicted molar refractivity (Wildman–Crippen MR) is 220 cm³/mol. The van der Waals surface area contributed by atoms with Gasteiger partial charge in [-0.25, -0.2) is 4.98 Å². The van der Waals surface area contributed by atoms with Crippen molar-refractivity contribution in [3.63, 3.8) is 0 Å². The summed E-state index contributed by atoms with van der Waals surface area (Å²) < 4.78 is 17.9. The zero-order valence-corrected chi connectivity index (χ0v) is 34.2. The third kappa shape index (κ3) is 11.4. The van der Waals surface area contributed by atoms with Gasteiger partial charge in [0.05, 0.1) is 11.8 Å². The first-order valence-corrected chi connectivity index (χ1v) is 21.9. The van der Waals surface area contributed by atoms with Gasteiger partial charge < -0.3 is 34.1 Å². The molecule has 2 saturated heterocycles. The summed E-state index contributed by atoms with van der Waals surface area (Å²) >= 11 is 0. The van der Waals surface area contributed by atoms with E-state index in [1.807, 2.05) is 37.3 Å². The minimum absolute atomic E-state index is 0.182. The Morgan fingerprint density at radius 2 is 1.59 bits per heavy atom. The molecule has 4 aliphatic rings. The quantitative estimate of drug-likeness (QED) is 0.183. The first-order chi connectivity index (χ1) is 27.4. The number of ether oxygens (including phenoxy) is 2. The van der Waals surface area contributed by atoms with E-state index in [9.17, 15) is 9.90 Å². The number of fused-ring (bicyclic) bond motifs is 1. The van der Waals surface area contributed by atoms with E-state index in [1.54, 1.807) is 0 Å². The number of aliphatic hydroxyl groups is 1. The third-order valence-corrected chi connectivity index (χ3v) is 13.1. The summed E-state index contributed by atoms with van der Waals surface area (Å²) in [6, 6.07) is 12.4. The Balaban J connectivity index is 0.773. The van der Waals surface area contributed by atoms with Gasteiger partial charge in [0.1, 0.15) is 24.2 Å². The molecule has 3 fully saturated rings. The number of carbonyl (C=O) groups excluding carboxylic acids is 1. The van der Waals surface area contributed by atoms with Crippen molar-refractivity contribution < 1.29 is 23.8 Å². The second kappa shape index (κ2) is 20.3. The summed E-state index contributed by atoms with van der Waals surface area (Å²) in [6.07, 6.45) is 19.6. The number of amides is 1. The molecule has 1 atom stereocenters. The summed E-state index contributed by atoms with van der Waals surface area (Å²) in [5.41, 5.74) is 5.12. The van der Waals surface area contributed by atoms with Crippen molar-refractivity contribution in [2.75, 3.05) is 52.4 Å². The fraction of sp³-hybridized carbons (Fsp3) is 0.652. The molecular formula is C46H67N5O5. The van der Waals surface area contributed by atoms with Crippen LogP contribution in [0.1, 0.15) is 122 Å². The smallest absolute Gasteiger partial charge is 0.251 e. The van der Waals surface area contributed by atoms with Crippen molar-refractivity contribution in [1.29, 1.82) is 0 Å². The standard InChI is InChI=1S/C46H67N5O5/c1-34-43-22-25-50(30-38(43)14-17-44(34)54-32-45-35(2)48-33-55-45)31-40(52)28-47-46(53)37-12-15-41(16-13-37)56-42-20-23-49(24-21-42)29-36-18-26-51(27-19-36)39-10-8-6-4-3-5-7-9-11-39/h12-17,33,36,39-40,42,52H,3-11,18-32H2,1-2H3,(H,47,53)/t40-/m0/s1. The van der Waals surface area contributed by atoms with Gasteiger partial charge >= 0.3 is 0 Å². The van der Waals surface area contributed by atoms with Crippen molar-refractivity contribution in [2.45, 2.75) is 135 Å². The monoisotopic (exact) mass is 770 g/mol. The van der Waals surface area contributed by atoms with Crippen LogP contribution in [0.4, 0.5) is 0 Å². The summed E-state index contributed by atoms with van der Waals surface area (Å²) in [7, 11) is 0. The highest BCUT2D eigenvalue weighted by molar-refractivity contribution is 5.94. The molecule has 56 heavy (non-hydrogen) atoms. The first kappa shape index (κ1) is 40.7. The third-order valence-electron chi connectivity index (χ3n) is 13.1. The molecule has 10 heteroatoms. The van der Waals surface area contributed by atoms with Crippen LogP contribution in [0.25, 0.3) is 0 Å². The number of nitrogens with zero attached hydrogens (tertiary/aromatic N) is 4. The Morgan fingerprint density at radius 1 is 0.875 bits per heavy atom. The summed E-state index contributed by atoms with van der Waals surface area (Å²) in [6.45, 7) is 12.7. The molecule has 0 spiro atoms. The van der Waals surface area contributed by atoms with E-state index in [0.717, 1.165) is 85.9 Å². The van der Waals surface area contributed by atoms with Gasteiger partial charge in [0.25, 0.3) is 5.91 Å². The maximum Gasteiger partial charge on any atom is 0.251 e. The van der Waals surface area contributed by atoms with E-state index >= 15 is 0 Å². The van der Waals surface area contributed by atoms with Gasteiger partial charge in [-0.05, 0) is 125 Å². The van der Waals surface area contributed by atoms with Gasteiger partial charge in [0, 0.05) is 57.4 Å². The van der Waals surface area contributed by atoms with E-state index in [1.165, 1.54) is 108 Å². The zero-order chi connectivity index (χ0) is 38.7. The zero-order valence-electron chi connectivity index (χ0n) is 34.2. The summed E-state index contributed by atoms with van der Waals surface area (Å²) in [5.74, 6) is 3.06. The lowest BCUT2D eigenvalue weighted by Gasteiger charge is -2.40. The van der Waals surface area contributed by atoms with Gasteiger partial charge in [-0.2, -0.15) is 0 Å². The minimum Gasteiger partial charge on any atom is -0.490 e. The maximum absolute atomic E-state index is 13.0. The Morgan fingerprint density at radius 3 is 2.29 bits per heavy atom. The number of carbonyl (C=O) groups is 1. The van der Waals surface area contributed by atoms with E-state index in [-0.39, 0.29) is 18.6 Å². The van der Waals surface area contributed by atoms with Gasteiger partial charge in [0.15, 0.2) is 12.2 Å². The highest BCUT2D eigenvalue weighted by Crippen LogP contribution is 2.31. The molecule has 3 aliphatic heterocycles. The van der Waals surface area contributed by atoms with Crippen molar-refractivity contribution in [3.8, 4) is 11.5 Å². The van der Waals surface area contributed by atoms with Crippen LogP contribution in [0.3, 0.4) is 0 Å². The lowest BCUT2D eigenvalue weighted by atomic mass is 9.91. The number of likely N-dealkylation sites (tertiary alicyclic amines) is 2. The molecule has 0 unspecified atom stereocenters. The molecule has 3 aromatic rings. The number of benzene rings is 2. The Hall–Kier alpha value is -3.44. The van der Waals surface area contributed by atoms with Crippen molar-refractivity contribution in [1.82, 2.24) is 25.0 Å². The van der Waals surface area contributed by atoms with Gasteiger partial charge in [-0.3, -0.25) is 9.69 Å². The maximum atomic E-state index is 13.0. The number of rotatable bonds is 13. The molecule has 306 valence electrons. The van der Waals surface area contributed by atoms with Crippen molar-refractivity contribution in [3.05, 3.63) is 76.5 Å². The molecule has 0 bridgehead atoms. The van der Waals surface area contributed by atoms with Crippen LogP contribution in [0.15, 0.2) is 47.2 Å². The number of hydrogen-bond acceptors (Lipinski definition) is 9. The second-order valence-corrected chi connectivity index (χ2v) is 17.2. The van der Waals surface area contributed by atoms with Gasteiger partial charge in [-0.15, -0.1) is 0 Å². The van der Waals surface area contributed by atoms with Crippen LogP contribution in [0.2, 0.25) is 0 Å². The summed E-state index contributed by atoms with van der Waals surface area (Å²) in [5, 5.41) is 13.8. The van der Waals surface area contributed by atoms with Crippen LogP contribution in [0, 0.1) is 19.8 Å². The fourth-order valence-electron chi connectivity index (χ4n) is 9.58. The van der Waals surface area contributed by atoms with Crippen LogP contribution in [-0.4, -0.2) is 101 Å². The number of oxazole rings is 1. The van der Waals surface area contributed by atoms with E-state index in [0.29, 0.717) is 18.7 Å². The number of aryl methyl sites for hydroxylation is 1. The van der Waals surface area contributed by atoms with E-state index in [2.05, 4.69) is 38.0 Å². The SMILES string of the molecule is Cc1ncoc1COc1ccc2c(c1C)CCN(C[C@@H](O)CNC(=O)c1ccc(OC3CCN(CC4CCN(C5CCCCCCCCC5)CC4)CC3)cc1)C2. The van der Waals surface area contributed by atoms with Gasteiger partial charge in [0.2, 0.25) is 0 Å². The lowest BCUT2D eigenvalue weighted by molar-refractivity contribution is 0.0669. The molecule has 1 aromatic heterocycles. The molecule has 7 rings (SSSR count). The Labute approximate surface area is 335 Å². The van der Waals surface area contributed by atoms with Crippen LogP contribution in [0.5, 0.6) is 11.5 Å².